The highest BCUT2D eigenvalue weighted by Gasteiger charge is 2.22. The molecular formula is C26H23N2+. The molecule has 0 aliphatic rings. The first-order chi connectivity index (χ1) is 13.9. The third-order valence-electron chi connectivity index (χ3n) is 4.67. The highest BCUT2D eigenvalue weighted by atomic mass is 15.3. The van der Waals surface area contributed by atoms with E-state index in [2.05, 4.69) is 96.5 Å². The molecule has 0 spiro atoms. The van der Waals surface area contributed by atoms with Crippen LogP contribution in [0.15, 0.2) is 108 Å². The SMILES string of the molecule is CC/C=N/[n+]1c(-c2ccccc2)cc(-c2ccccc2)cc1-c1ccccc1. The summed E-state index contributed by atoms with van der Waals surface area (Å²) in [6.07, 6.45) is 2.84. The second-order valence-corrected chi connectivity index (χ2v) is 6.63. The molecule has 3 aromatic carbocycles. The fourth-order valence-electron chi connectivity index (χ4n) is 3.30. The van der Waals surface area contributed by atoms with E-state index in [9.17, 15) is 0 Å². The predicted octanol–water partition coefficient (Wildman–Crippen LogP) is 6.22. The van der Waals surface area contributed by atoms with E-state index in [0.717, 1.165) is 28.9 Å². The summed E-state index contributed by atoms with van der Waals surface area (Å²) in [6, 6.07) is 35.9. The molecular weight excluding hydrogens is 340 g/mol. The van der Waals surface area contributed by atoms with Crippen LogP contribution in [0.25, 0.3) is 33.6 Å². The fraction of sp³-hybridized carbons (Fsp3) is 0.0769. The summed E-state index contributed by atoms with van der Waals surface area (Å²) >= 11 is 0. The number of nitrogens with zero attached hydrogens (tertiary/aromatic N) is 2. The van der Waals surface area contributed by atoms with Gasteiger partial charge in [0.1, 0.15) is 0 Å². The lowest BCUT2D eigenvalue weighted by Gasteiger charge is -2.08. The lowest BCUT2D eigenvalue weighted by molar-refractivity contribution is -0.656. The van der Waals surface area contributed by atoms with E-state index in [1.54, 1.807) is 0 Å². The Hall–Kier alpha value is -3.52. The maximum absolute atomic E-state index is 4.80. The second kappa shape index (κ2) is 8.45. The van der Waals surface area contributed by atoms with E-state index < -0.39 is 0 Å². The number of rotatable bonds is 5. The van der Waals surface area contributed by atoms with Crippen LogP contribution in [-0.2, 0) is 0 Å². The van der Waals surface area contributed by atoms with E-state index in [-0.39, 0.29) is 0 Å². The zero-order valence-corrected chi connectivity index (χ0v) is 16.0. The van der Waals surface area contributed by atoms with E-state index in [4.69, 9.17) is 5.10 Å². The minimum Gasteiger partial charge on any atom is -0.0622 e. The molecule has 4 rings (SSSR count). The van der Waals surface area contributed by atoms with Gasteiger partial charge in [-0.15, -0.1) is 0 Å². The Balaban J connectivity index is 2.03. The maximum atomic E-state index is 4.80. The van der Waals surface area contributed by atoms with Crippen molar-refractivity contribution in [1.82, 2.24) is 0 Å². The molecule has 2 nitrogen and oxygen atoms in total. The molecule has 0 radical (unpaired) electrons. The Morgan fingerprint density at radius 2 is 1.04 bits per heavy atom. The highest BCUT2D eigenvalue weighted by Crippen LogP contribution is 2.29. The second-order valence-electron chi connectivity index (χ2n) is 6.63. The summed E-state index contributed by atoms with van der Waals surface area (Å²) in [6.45, 7) is 2.10. The van der Waals surface area contributed by atoms with E-state index >= 15 is 0 Å². The van der Waals surface area contributed by atoms with Gasteiger partial charge in [0.2, 0.25) is 11.4 Å². The van der Waals surface area contributed by atoms with Crippen molar-refractivity contribution in [3.63, 3.8) is 0 Å². The van der Waals surface area contributed by atoms with Gasteiger partial charge in [-0.05, 0) is 51.6 Å². The van der Waals surface area contributed by atoms with E-state index in [0.29, 0.717) is 0 Å². The molecule has 28 heavy (non-hydrogen) atoms. The molecule has 0 unspecified atom stereocenters. The standard InChI is InChI=1S/C26H23N2/c1-2-18-27-28-25(22-14-8-4-9-15-22)19-24(21-12-6-3-7-13-21)20-26(28)23-16-10-5-11-17-23/h3-20H,2H2,1H3/q+1/b27-18+. The maximum Gasteiger partial charge on any atom is 0.246 e. The molecule has 0 bridgehead atoms. The summed E-state index contributed by atoms with van der Waals surface area (Å²) in [4.78, 5) is 0. The normalized spacial score (nSPS) is 11.0. The van der Waals surface area contributed by atoms with Crippen LogP contribution in [0.5, 0.6) is 0 Å². The van der Waals surface area contributed by atoms with Crippen LogP contribution >= 0.6 is 0 Å². The Bertz CT molecular complexity index is 1010. The number of benzene rings is 3. The molecule has 4 aromatic rings. The predicted molar refractivity (Wildman–Crippen MR) is 117 cm³/mol. The van der Waals surface area contributed by atoms with Gasteiger partial charge < -0.3 is 0 Å². The first kappa shape index (κ1) is 17.9. The number of hydrogen-bond acceptors (Lipinski definition) is 1. The van der Waals surface area contributed by atoms with Gasteiger partial charge in [0.05, 0.1) is 6.21 Å². The van der Waals surface area contributed by atoms with Crippen molar-refractivity contribution in [2.75, 3.05) is 0 Å². The Kier molecular flexibility index (Phi) is 5.39. The number of aromatic nitrogens is 1. The lowest BCUT2D eigenvalue weighted by atomic mass is 10.00. The van der Waals surface area contributed by atoms with Crippen molar-refractivity contribution in [3.8, 4) is 33.6 Å². The van der Waals surface area contributed by atoms with Gasteiger partial charge >= 0.3 is 0 Å². The van der Waals surface area contributed by atoms with Crippen molar-refractivity contribution in [2.45, 2.75) is 13.3 Å². The van der Waals surface area contributed by atoms with Gasteiger partial charge in [-0.2, -0.15) is 0 Å². The van der Waals surface area contributed by atoms with Gasteiger partial charge in [0, 0.05) is 23.3 Å². The molecule has 136 valence electrons. The highest BCUT2D eigenvalue weighted by molar-refractivity contribution is 5.73. The quantitative estimate of drug-likeness (QED) is 0.296. The zero-order chi connectivity index (χ0) is 19.2. The van der Waals surface area contributed by atoms with Crippen molar-refractivity contribution >= 4 is 6.21 Å². The van der Waals surface area contributed by atoms with Crippen molar-refractivity contribution in [3.05, 3.63) is 103 Å². The van der Waals surface area contributed by atoms with Crippen molar-refractivity contribution < 1.29 is 4.68 Å². The van der Waals surface area contributed by atoms with Crippen LogP contribution in [0, 0.1) is 0 Å². The Morgan fingerprint density at radius 3 is 1.46 bits per heavy atom. The smallest absolute Gasteiger partial charge is 0.0622 e. The Morgan fingerprint density at radius 1 is 0.607 bits per heavy atom. The average molecular weight is 363 g/mol. The van der Waals surface area contributed by atoms with Crippen LogP contribution in [0.3, 0.4) is 0 Å². The van der Waals surface area contributed by atoms with Crippen molar-refractivity contribution in [2.24, 2.45) is 5.10 Å². The molecule has 0 aliphatic heterocycles. The van der Waals surface area contributed by atoms with Gasteiger partial charge in [-0.25, -0.2) is 0 Å². The molecule has 1 aromatic heterocycles. The summed E-state index contributed by atoms with van der Waals surface area (Å²) in [5.74, 6) is 0. The monoisotopic (exact) mass is 363 g/mol. The Labute approximate surface area is 166 Å². The van der Waals surface area contributed by atoms with Crippen LogP contribution in [-0.4, -0.2) is 6.21 Å². The van der Waals surface area contributed by atoms with Crippen LogP contribution < -0.4 is 4.68 Å². The van der Waals surface area contributed by atoms with Crippen LogP contribution in [0.1, 0.15) is 13.3 Å². The van der Waals surface area contributed by atoms with Gasteiger partial charge in [-0.3, -0.25) is 0 Å². The molecule has 0 atom stereocenters. The molecule has 0 aliphatic carbocycles. The molecule has 1 heterocycles. The average Bonchev–Trinajstić information content (AvgIpc) is 2.79. The lowest BCUT2D eigenvalue weighted by Crippen LogP contribution is -2.34. The summed E-state index contributed by atoms with van der Waals surface area (Å²) < 4.78 is 2.06. The fourth-order valence-corrected chi connectivity index (χ4v) is 3.30. The molecule has 0 amide bonds. The molecule has 0 fully saturated rings. The summed E-state index contributed by atoms with van der Waals surface area (Å²) in [7, 11) is 0. The van der Waals surface area contributed by atoms with Crippen LogP contribution in [0.4, 0.5) is 0 Å². The summed E-state index contributed by atoms with van der Waals surface area (Å²) in [5, 5.41) is 4.80. The molecule has 0 N–H and O–H groups in total. The minimum atomic E-state index is 0.885. The topological polar surface area (TPSA) is 16.2 Å². The number of pyridine rings is 1. The minimum absolute atomic E-state index is 0.885. The molecule has 0 saturated heterocycles. The van der Waals surface area contributed by atoms with Gasteiger partial charge in [0.25, 0.3) is 0 Å². The first-order valence-corrected chi connectivity index (χ1v) is 9.66. The largest absolute Gasteiger partial charge is 0.246 e. The third kappa shape index (κ3) is 3.77. The first-order valence-electron chi connectivity index (χ1n) is 9.66. The van der Waals surface area contributed by atoms with E-state index in [1.165, 1.54) is 11.1 Å². The van der Waals surface area contributed by atoms with Gasteiger partial charge in [0.15, 0.2) is 0 Å². The van der Waals surface area contributed by atoms with Crippen LogP contribution in [0.2, 0.25) is 0 Å². The van der Waals surface area contributed by atoms with Crippen molar-refractivity contribution in [1.29, 1.82) is 0 Å². The molecule has 2 heteroatoms. The molecule has 0 saturated carbocycles. The number of hydrogen-bond donors (Lipinski definition) is 0. The van der Waals surface area contributed by atoms with E-state index in [1.807, 2.05) is 24.4 Å². The third-order valence-corrected chi connectivity index (χ3v) is 4.67. The van der Waals surface area contributed by atoms with Gasteiger partial charge in [-0.1, -0.05) is 73.7 Å². The zero-order valence-electron chi connectivity index (χ0n) is 16.0. The summed E-state index contributed by atoms with van der Waals surface area (Å²) in [5.41, 5.74) is 6.82.